The number of phosphoric ester groups is 1. The van der Waals surface area contributed by atoms with E-state index >= 15 is 0 Å². The first-order valence-electron chi connectivity index (χ1n) is 26.8. The van der Waals surface area contributed by atoms with Crippen LogP contribution in [-0.4, -0.2) is 66.5 Å². The number of carbonyl (C=O) groups excluding carboxylic acids is 3. The standard InChI is InChI=1S/C58H95O11P/c1-4-7-10-13-16-19-22-24-26-27-29-31-34-37-40-43-46-49-58(62)69-55(51-65-56(60)47-44-41-38-35-32-21-18-15-12-9-6-3)53-67-70(63,64)66-52-54(50-59)68-57(61)48-45-42-39-36-33-30-28-25-23-20-17-14-11-8-5-2/h7-8,10-11,16-17,19-20,24-26,28-29,31,33,36-37,40,54-55,59H,4-6,9,12-15,18,21-23,27,30,32,34-35,38-39,41-53H2,1-3H3,(H,63,64)/b10-7-,11-8-,19-16-,20-17-,26-24-,28-25-,31-29-,36-33-,40-37-. The van der Waals surface area contributed by atoms with E-state index in [1.807, 2.05) is 12.2 Å². The Balaban J connectivity index is 4.86. The second kappa shape index (κ2) is 51.5. The van der Waals surface area contributed by atoms with E-state index in [1.165, 1.54) is 44.9 Å². The molecule has 0 amide bonds. The Bertz CT molecular complexity index is 1590. The normalized spacial score (nSPS) is 14.3. The van der Waals surface area contributed by atoms with Gasteiger partial charge in [-0.2, -0.15) is 0 Å². The molecule has 12 heteroatoms. The van der Waals surface area contributed by atoms with Crippen molar-refractivity contribution in [1.82, 2.24) is 0 Å². The SMILES string of the molecule is CC/C=C\C/C=C\C/C=C\C/C=C\C/C=C\CCCC(=O)OC(COC(=O)CCCCCCCCCCCCC)COP(=O)(O)OCC(CO)OC(=O)CCCC/C=C\C/C=C\C/C=C\C/C=C\CC. The summed E-state index contributed by atoms with van der Waals surface area (Å²) in [6, 6.07) is 0. The molecule has 0 fully saturated rings. The molecule has 0 saturated carbocycles. The quantitative estimate of drug-likeness (QED) is 0.0197. The molecule has 11 nitrogen and oxygen atoms in total. The number of ether oxygens (including phenoxy) is 3. The summed E-state index contributed by atoms with van der Waals surface area (Å²) >= 11 is 0. The smallest absolute Gasteiger partial charge is 0.462 e. The maximum Gasteiger partial charge on any atom is 0.472 e. The lowest BCUT2D eigenvalue weighted by atomic mass is 10.1. The van der Waals surface area contributed by atoms with Gasteiger partial charge in [0.1, 0.15) is 12.7 Å². The Morgan fingerprint density at radius 1 is 0.414 bits per heavy atom. The van der Waals surface area contributed by atoms with Crippen LogP contribution in [0.15, 0.2) is 109 Å². The summed E-state index contributed by atoms with van der Waals surface area (Å²) in [4.78, 5) is 48.3. The molecular formula is C58H95O11P. The molecule has 3 unspecified atom stereocenters. The van der Waals surface area contributed by atoms with Gasteiger partial charge in [-0.3, -0.25) is 23.4 Å². The number of hydrogen-bond acceptors (Lipinski definition) is 10. The fraction of sp³-hybridized carbons (Fsp3) is 0.638. The molecule has 0 radical (unpaired) electrons. The number of unbranched alkanes of at least 4 members (excludes halogenated alkanes) is 13. The Hall–Kier alpha value is -3.86. The first-order chi connectivity index (χ1) is 34.2. The number of hydrogen-bond donors (Lipinski definition) is 2. The van der Waals surface area contributed by atoms with E-state index < -0.39 is 57.8 Å². The van der Waals surface area contributed by atoms with Gasteiger partial charge in [-0.25, -0.2) is 4.57 Å². The minimum atomic E-state index is -4.77. The van der Waals surface area contributed by atoms with Crippen molar-refractivity contribution < 1.29 is 52.2 Å². The van der Waals surface area contributed by atoms with Gasteiger partial charge >= 0.3 is 25.7 Å². The van der Waals surface area contributed by atoms with Crippen LogP contribution in [0.4, 0.5) is 0 Å². The summed E-state index contributed by atoms with van der Waals surface area (Å²) in [6.45, 7) is 4.27. The number of rotatable bonds is 48. The van der Waals surface area contributed by atoms with Gasteiger partial charge in [0.25, 0.3) is 0 Å². The van der Waals surface area contributed by atoms with E-state index in [0.29, 0.717) is 25.7 Å². The summed E-state index contributed by atoms with van der Waals surface area (Å²) in [6.07, 6.45) is 60.7. The van der Waals surface area contributed by atoms with Crippen molar-refractivity contribution in [2.45, 2.75) is 213 Å². The van der Waals surface area contributed by atoms with Crippen molar-refractivity contribution in [3.63, 3.8) is 0 Å². The van der Waals surface area contributed by atoms with E-state index in [-0.39, 0.29) is 25.9 Å². The average molecular weight is 999 g/mol. The first kappa shape index (κ1) is 66.1. The highest BCUT2D eigenvalue weighted by molar-refractivity contribution is 7.47. The molecule has 3 atom stereocenters. The molecular weight excluding hydrogens is 904 g/mol. The van der Waals surface area contributed by atoms with Crippen molar-refractivity contribution in [3.8, 4) is 0 Å². The molecule has 0 spiro atoms. The maximum atomic E-state index is 12.9. The van der Waals surface area contributed by atoms with Crippen LogP contribution in [0.1, 0.15) is 201 Å². The molecule has 0 aromatic carbocycles. The van der Waals surface area contributed by atoms with Crippen LogP contribution in [0.5, 0.6) is 0 Å². The van der Waals surface area contributed by atoms with Gasteiger partial charge in [-0.1, -0.05) is 194 Å². The van der Waals surface area contributed by atoms with Crippen LogP contribution in [-0.2, 0) is 42.2 Å². The molecule has 398 valence electrons. The summed E-state index contributed by atoms with van der Waals surface area (Å²) in [7, 11) is -4.77. The monoisotopic (exact) mass is 999 g/mol. The second-order valence-electron chi connectivity index (χ2n) is 17.3. The zero-order valence-electron chi connectivity index (χ0n) is 43.7. The number of esters is 3. The average Bonchev–Trinajstić information content (AvgIpc) is 3.35. The second-order valence-corrected chi connectivity index (χ2v) is 18.7. The number of phosphoric acid groups is 1. The van der Waals surface area contributed by atoms with E-state index in [1.54, 1.807) is 0 Å². The van der Waals surface area contributed by atoms with Gasteiger partial charge in [0.2, 0.25) is 0 Å². The summed E-state index contributed by atoms with van der Waals surface area (Å²) in [5.41, 5.74) is 0. The van der Waals surface area contributed by atoms with Gasteiger partial charge in [0.05, 0.1) is 19.8 Å². The lowest BCUT2D eigenvalue weighted by Gasteiger charge is -2.21. The minimum absolute atomic E-state index is 0.0821. The fourth-order valence-electron chi connectivity index (χ4n) is 6.68. The van der Waals surface area contributed by atoms with E-state index in [0.717, 1.165) is 89.9 Å². The van der Waals surface area contributed by atoms with Crippen molar-refractivity contribution in [1.29, 1.82) is 0 Å². The number of allylic oxidation sites excluding steroid dienone is 18. The zero-order valence-corrected chi connectivity index (χ0v) is 44.6. The molecule has 0 bridgehead atoms. The summed E-state index contributed by atoms with van der Waals surface area (Å²) in [5.74, 6) is -1.59. The van der Waals surface area contributed by atoms with Gasteiger partial charge in [0, 0.05) is 19.3 Å². The molecule has 0 aliphatic rings. The molecule has 0 rings (SSSR count). The summed E-state index contributed by atoms with van der Waals surface area (Å²) in [5, 5.41) is 9.78. The predicted octanol–water partition coefficient (Wildman–Crippen LogP) is 15.5. The van der Waals surface area contributed by atoms with E-state index in [2.05, 4.69) is 118 Å². The third-order valence-corrected chi connectivity index (χ3v) is 11.6. The van der Waals surface area contributed by atoms with E-state index in [4.69, 9.17) is 23.3 Å². The Morgan fingerprint density at radius 2 is 0.757 bits per heavy atom. The van der Waals surface area contributed by atoms with Gasteiger partial charge in [0.15, 0.2) is 6.10 Å². The highest BCUT2D eigenvalue weighted by Gasteiger charge is 2.28. The van der Waals surface area contributed by atoms with Crippen molar-refractivity contribution >= 4 is 25.7 Å². The predicted molar refractivity (Wildman–Crippen MR) is 288 cm³/mol. The molecule has 2 N–H and O–H groups in total. The van der Waals surface area contributed by atoms with Gasteiger partial charge in [-0.05, 0) is 96.3 Å². The minimum Gasteiger partial charge on any atom is -0.462 e. The van der Waals surface area contributed by atoms with E-state index in [9.17, 15) is 28.9 Å². The number of aliphatic hydroxyl groups is 1. The first-order valence-corrected chi connectivity index (χ1v) is 28.3. The molecule has 0 saturated heterocycles. The van der Waals surface area contributed by atoms with Crippen molar-refractivity contribution in [2.24, 2.45) is 0 Å². The van der Waals surface area contributed by atoms with Crippen LogP contribution in [0.2, 0.25) is 0 Å². The zero-order chi connectivity index (χ0) is 51.3. The Kier molecular flexibility index (Phi) is 48.7. The summed E-state index contributed by atoms with van der Waals surface area (Å²) < 4.78 is 39.3. The van der Waals surface area contributed by atoms with Gasteiger partial charge < -0.3 is 24.2 Å². The Morgan fingerprint density at radius 3 is 1.20 bits per heavy atom. The van der Waals surface area contributed by atoms with Crippen LogP contribution >= 0.6 is 7.82 Å². The third-order valence-electron chi connectivity index (χ3n) is 10.7. The molecule has 0 aromatic heterocycles. The third kappa shape index (κ3) is 49.1. The molecule has 0 aliphatic heterocycles. The molecule has 0 heterocycles. The van der Waals surface area contributed by atoms with Crippen LogP contribution < -0.4 is 0 Å². The lowest BCUT2D eigenvalue weighted by molar-refractivity contribution is -0.161. The number of carbonyl (C=O) groups is 3. The molecule has 70 heavy (non-hydrogen) atoms. The molecule has 0 aliphatic carbocycles. The Labute approximate surface area is 425 Å². The topological polar surface area (TPSA) is 155 Å². The highest BCUT2D eigenvalue weighted by Crippen LogP contribution is 2.43. The fourth-order valence-corrected chi connectivity index (χ4v) is 7.46. The van der Waals surface area contributed by atoms with Crippen LogP contribution in [0.3, 0.4) is 0 Å². The highest BCUT2D eigenvalue weighted by atomic mass is 31.2. The maximum absolute atomic E-state index is 12.9. The number of aliphatic hydroxyl groups excluding tert-OH is 1. The largest absolute Gasteiger partial charge is 0.472 e. The molecule has 0 aromatic rings. The van der Waals surface area contributed by atoms with Gasteiger partial charge in [-0.15, -0.1) is 0 Å². The lowest BCUT2D eigenvalue weighted by Crippen LogP contribution is -2.30. The van der Waals surface area contributed by atoms with Crippen molar-refractivity contribution in [2.75, 3.05) is 26.4 Å². The van der Waals surface area contributed by atoms with Crippen LogP contribution in [0.25, 0.3) is 0 Å². The van der Waals surface area contributed by atoms with Crippen molar-refractivity contribution in [3.05, 3.63) is 109 Å². The van der Waals surface area contributed by atoms with Crippen LogP contribution in [0, 0.1) is 0 Å².